The Kier molecular flexibility index (Phi) is 1.88. The van der Waals surface area contributed by atoms with Crippen molar-refractivity contribution in [2.45, 2.75) is 19.0 Å². The highest BCUT2D eigenvalue weighted by molar-refractivity contribution is 5.85. The minimum absolute atomic E-state index is 0.344. The Morgan fingerprint density at radius 2 is 2.33 bits per heavy atom. The number of nitrogens with zero attached hydrogens (tertiary/aromatic N) is 5. The molecule has 7 nitrogen and oxygen atoms in total. The molecule has 0 saturated heterocycles. The molecule has 18 heavy (non-hydrogen) atoms. The number of H-pyrrole nitrogens is 1. The SMILES string of the molecule is c1nc(NC2Cc3cncn3C2)c2cn[nH]c2n1. The molecule has 0 spiro atoms. The monoisotopic (exact) mass is 241 g/mol. The molecule has 7 heteroatoms. The van der Waals surface area contributed by atoms with E-state index in [0.717, 1.165) is 29.8 Å². The molecule has 1 aliphatic rings. The van der Waals surface area contributed by atoms with Crippen molar-refractivity contribution in [2.75, 3.05) is 5.32 Å². The van der Waals surface area contributed by atoms with E-state index >= 15 is 0 Å². The van der Waals surface area contributed by atoms with E-state index in [1.807, 2.05) is 12.5 Å². The van der Waals surface area contributed by atoms with Gasteiger partial charge in [-0.05, 0) is 0 Å². The highest BCUT2D eigenvalue weighted by atomic mass is 15.2. The van der Waals surface area contributed by atoms with Gasteiger partial charge in [-0.25, -0.2) is 15.0 Å². The Morgan fingerprint density at radius 1 is 1.33 bits per heavy atom. The number of hydrogen-bond donors (Lipinski definition) is 2. The number of imidazole rings is 1. The first-order valence-corrected chi connectivity index (χ1v) is 5.80. The van der Waals surface area contributed by atoms with Gasteiger partial charge in [0.15, 0.2) is 5.65 Å². The van der Waals surface area contributed by atoms with Gasteiger partial charge in [0.25, 0.3) is 0 Å². The Labute approximate surface area is 102 Å². The van der Waals surface area contributed by atoms with Gasteiger partial charge in [0.2, 0.25) is 0 Å². The fraction of sp³-hybridized carbons (Fsp3) is 0.273. The van der Waals surface area contributed by atoms with E-state index < -0.39 is 0 Å². The number of aromatic amines is 1. The predicted octanol–water partition coefficient (Wildman–Crippen LogP) is 0.586. The third kappa shape index (κ3) is 1.37. The zero-order chi connectivity index (χ0) is 11.9. The Hall–Kier alpha value is -2.44. The Morgan fingerprint density at radius 3 is 3.28 bits per heavy atom. The van der Waals surface area contributed by atoms with Crippen molar-refractivity contribution in [3.63, 3.8) is 0 Å². The lowest BCUT2D eigenvalue weighted by Gasteiger charge is -2.12. The van der Waals surface area contributed by atoms with Gasteiger partial charge in [-0.3, -0.25) is 5.10 Å². The molecule has 3 aromatic heterocycles. The van der Waals surface area contributed by atoms with Gasteiger partial charge in [0.1, 0.15) is 12.1 Å². The van der Waals surface area contributed by atoms with E-state index in [1.54, 1.807) is 12.5 Å². The first-order valence-electron chi connectivity index (χ1n) is 5.80. The third-order valence-electron chi connectivity index (χ3n) is 3.26. The first-order chi connectivity index (χ1) is 8.90. The minimum atomic E-state index is 0.344. The molecule has 1 atom stereocenters. The molecule has 3 aromatic rings. The van der Waals surface area contributed by atoms with Crippen molar-refractivity contribution in [2.24, 2.45) is 0 Å². The summed E-state index contributed by atoms with van der Waals surface area (Å²) in [5, 5.41) is 11.2. The van der Waals surface area contributed by atoms with Crippen molar-refractivity contribution in [3.05, 3.63) is 30.7 Å². The molecule has 0 amide bonds. The quantitative estimate of drug-likeness (QED) is 0.685. The van der Waals surface area contributed by atoms with Gasteiger partial charge in [-0.15, -0.1) is 0 Å². The van der Waals surface area contributed by atoms with E-state index in [2.05, 4.69) is 35.0 Å². The second-order valence-electron chi connectivity index (χ2n) is 4.44. The third-order valence-corrected chi connectivity index (χ3v) is 3.26. The van der Waals surface area contributed by atoms with Gasteiger partial charge in [-0.1, -0.05) is 0 Å². The summed E-state index contributed by atoms with van der Waals surface area (Å²) in [5.74, 6) is 0.831. The van der Waals surface area contributed by atoms with Crippen LogP contribution in [-0.4, -0.2) is 35.8 Å². The smallest absolute Gasteiger partial charge is 0.160 e. The van der Waals surface area contributed by atoms with E-state index in [-0.39, 0.29) is 0 Å². The molecule has 2 N–H and O–H groups in total. The molecule has 0 saturated carbocycles. The molecule has 90 valence electrons. The molecule has 4 rings (SSSR count). The molecular weight excluding hydrogens is 230 g/mol. The largest absolute Gasteiger partial charge is 0.364 e. The molecule has 0 aliphatic carbocycles. The van der Waals surface area contributed by atoms with Crippen LogP contribution in [0.2, 0.25) is 0 Å². The van der Waals surface area contributed by atoms with Crippen molar-refractivity contribution in [1.29, 1.82) is 0 Å². The van der Waals surface area contributed by atoms with Crippen molar-refractivity contribution in [1.82, 2.24) is 29.7 Å². The average Bonchev–Trinajstić information content (AvgIpc) is 3.01. The highest BCUT2D eigenvalue weighted by Crippen LogP contribution is 2.21. The number of aromatic nitrogens is 6. The summed E-state index contributed by atoms with van der Waals surface area (Å²) >= 11 is 0. The lowest BCUT2D eigenvalue weighted by atomic mass is 10.2. The van der Waals surface area contributed by atoms with E-state index in [4.69, 9.17) is 0 Å². The molecule has 0 bridgehead atoms. The molecule has 0 radical (unpaired) electrons. The van der Waals surface area contributed by atoms with Crippen LogP contribution in [0.25, 0.3) is 11.0 Å². The van der Waals surface area contributed by atoms with Gasteiger partial charge < -0.3 is 9.88 Å². The summed E-state index contributed by atoms with van der Waals surface area (Å²) in [7, 11) is 0. The Bertz CT molecular complexity index is 678. The molecule has 4 heterocycles. The Balaban J connectivity index is 1.62. The summed E-state index contributed by atoms with van der Waals surface area (Å²) < 4.78 is 2.16. The van der Waals surface area contributed by atoms with E-state index in [1.165, 1.54) is 5.69 Å². The summed E-state index contributed by atoms with van der Waals surface area (Å²) in [6.45, 7) is 0.915. The van der Waals surface area contributed by atoms with Crippen LogP contribution < -0.4 is 5.32 Å². The van der Waals surface area contributed by atoms with Crippen LogP contribution in [0.1, 0.15) is 5.69 Å². The van der Waals surface area contributed by atoms with Crippen LogP contribution in [0, 0.1) is 0 Å². The predicted molar refractivity (Wildman–Crippen MR) is 65.0 cm³/mol. The maximum Gasteiger partial charge on any atom is 0.160 e. The maximum absolute atomic E-state index is 4.28. The lowest BCUT2D eigenvalue weighted by molar-refractivity contribution is 0.669. The van der Waals surface area contributed by atoms with Crippen LogP contribution in [0.15, 0.2) is 25.0 Å². The zero-order valence-corrected chi connectivity index (χ0v) is 9.54. The maximum atomic E-state index is 4.28. The van der Waals surface area contributed by atoms with Crippen LogP contribution >= 0.6 is 0 Å². The van der Waals surface area contributed by atoms with Gasteiger partial charge in [0.05, 0.1) is 24.0 Å². The van der Waals surface area contributed by atoms with Crippen LogP contribution in [0.3, 0.4) is 0 Å². The highest BCUT2D eigenvalue weighted by Gasteiger charge is 2.22. The summed E-state index contributed by atoms with van der Waals surface area (Å²) in [4.78, 5) is 12.5. The second kappa shape index (κ2) is 3.52. The number of nitrogens with one attached hydrogen (secondary N) is 2. The number of hydrogen-bond acceptors (Lipinski definition) is 5. The van der Waals surface area contributed by atoms with Crippen LogP contribution in [0.4, 0.5) is 5.82 Å². The average molecular weight is 241 g/mol. The van der Waals surface area contributed by atoms with Crippen LogP contribution in [0.5, 0.6) is 0 Å². The van der Waals surface area contributed by atoms with Gasteiger partial charge >= 0.3 is 0 Å². The van der Waals surface area contributed by atoms with Gasteiger partial charge in [-0.2, -0.15) is 5.10 Å². The molecule has 0 aromatic carbocycles. The van der Waals surface area contributed by atoms with Crippen LogP contribution in [-0.2, 0) is 13.0 Å². The minimum Gasteiger partial charge on any atom is -0.364 e. The summed E-state index contributed by atoms with van der Waals surface area (Å²) in [6, 6.07) is 0.344. The van der Waals surface area contributed by atoms with Crippen molar-refractivity contribution < 1.29 is 0 Å². The molecule has 1 aliphatic heterocycles. The number of rotatable bonds is 2. The van der Waals surface area contributed by atoms with Crippen molar-refractivity contribution >= 4 is 16.9 Å². The number of anilines is 1. The molecular formula is C11H11N7. The summed E-state index contributed by atoms with van der Waals surface area (Å²) in [5.41, 5.74) is 2.01. The molecule has 1 unspecified atom stereocenters. The van der Waals surface area contributed by atoms with Gasteiger partial charge in [0, 0.05) is 24.9 Å². The normalized spacial score (nSPS) is 18.1. The second-order valence-corrected chi connectivity index (χ2v) is 4.44. The lowest BCUT2D eigenvalue weighted by Crippen LogP contribution is -2.21. The van der Waals surface area contributed by atoms with E-state index in [0.29, 0.717) is 6.04 Å². The topological polar surface area (TPSA) is 84.3 Å². The zero-order valence-electron chi connectivity index (χ0n) is 9.54. The fourth-order valence-electron chi connectivity index (χ4n) is 2.41. The standard InChI is InChI=1S/C11H11N7/c1-7(4-18-6-12-2-8(1)18)16-10-9-3-15-17-11(9)14-5-13-10/h2-3,5-7H,1,4H2,(H2,13,14,15,16,17). The fourth-order valence-corrected chi connectivity index (χ4v) is 2.41. The number of fused-ring (bicyclic) bond motifs is 2. The van der Waals surface area contributed by atoms with Crippen molar-refractivity contribution in [3.8, 4) is 0 Å². The first kappa shape index (κ1) is 9.58. The molecule has 0 fully saturated rings. The summed E-state index contributed by atoms with van der Waals surface area (Å²) in [6.07, 6.45) is 8.02. The van der Waals surface area contributed by atoms with E-state index in [9.17, 15) is 0 Å².